The van der Waals surface area contributed by atoms with Gasteiger partial charge < -0.3 is 10.2 Å². The van der Waals surface area contributed by atoms with Crippen molar-refractivity contribution < 1.29 is 9.59 Å². The van der Waals surface area contributed by atoms with Crippen LogP contribution in [0.3, 0.4) is 0 Å². The number of nitrogens with one attached hydrogen (secondary N) is 1. The van der Waals surface area contributed by atoms with Crippen molar-refractivity contribution in [3.8, 4) is 0 Å². The molecule has 1 aromatic heterocycles. The van der Waals surface area contributed by atoms with Gasteiger partial charge in [-0.25, -0.2) is 0 Å². The number of fused-ring (bicyclic) bond motifs is 1. The summed E-state index contributed by atoms with van der Waals surface area (Å²) >= 11 is 5.82. The van der Waals surface area contributed by atoms with E-state index in [0.29, 0.717) is 22.8 Å². The van der Waals surface area contributed by atoms with Crippen molar-refractivity contribution in [3.63, 3.8) is 0 Å². The third kappa shape index (κ3) is 2.87. The lowest BCUT2D eigenvalue weighted by atomic mass is 10.1. The molecule has 106 valence electrons. The lowest BCUT2D eigenvalue weighted by Gasteiger charge is -2.19. The molecule has 0 saturated carbocycles. The maximum atomic E-state index is 12.5. The van der Waals surface area contributed by atoms with E-state index in [-0.39, 0.29) is 18.4 Å². The number of benzene rings is 1. The molecule has 2 aromatic rings. The van der Waals surface area contributed by atoms with Gasteiger partial charge in [0.15, 0.2) is 0 Å². The Morgan fingerprint density at radius 1 is 1.19 bits per heavy atom. The topological polar surface area (TPSA) is 62.3 Å². The number of nitrogens with zero attached hydrogens (tertiary/aromatic N) is 2. The predicted octanol–water partition coefficient (Wildman–Crippen LogP) is 2.33. The zero-order chi connectivity index (χ0) is 14.8. The molecule has 1 N–H and O–H groups in total. The fourth-order valence-electron chi connectivity index (χ4n) is 2.22. The van der Waals surface area contributed by atoms with Gasteiger partial charge in [-0.2, -0.15) is 0 Å². The first-order chi connectivity index (χ1) is 10.1. The van der Waals surface area contributed by atoms with Gasteiger partial charge in [-0.05, 0) is 30.3 Å². The SMILES string of the molecule is O=C1CN(C(=O)c2ccc(Cl)cc2)Cc2cnccc2N1. The van der Waals surface area contributed by atoms with Crippen molar-refractivity contribution in [1.29, 1.82) is 0 Å². The number of rotatable bonds is 1. The Balaban J connectivity index is 1.90. The number of hydrogen-bond donors (Lipinski definition) is 1. The number of aromatic nitrogens is 1. The quantitative estimate of drug-likeness (QED) is 0.879. The summed E-state index contributed by atoms with van der Waals surface area (Å²) in [5.41, 5.74) is 2.01. The highest BCUT2D eigenvalue weighted by atomic mass is 35.5. The highest BCUT2D eigenvalue weighted by molar-refractivity contribution is 6.30. The van der Waals surface area contributed by atoms with Gasteiger partial charge in [0.1, 0.15) is 6.54 Å². The molecule has 0 radical (unpaired) electrons. The van der Waals surface area contributed by atoms with Gasteiger partial charge in [-0.15, -0.1) is 0 Å². The van der Waals surface area contributed by atoms with Crippen molar-refractivity contribution in [1.82, 2.24) is 9.88 Å². The predicted molar refractivity (Wildman–Crippen MR) is 79.1 cm³/mol. The van der Waals surface area contributed by atoms with Crippen LogP contribution in [0.1, 0.15) is 15.9 Å². The molecule has 21 heavy (non-hydrogen) atoms. The zero-order valence-electron chi connectivity index (χ0n) is 11.0. The minimum atomic E-state index is -0.220. The number of carbonyl (C=O) groups is 2. The first kappa shape index (κ1) is 13.6. The summed E-state index contributed by atoms with van der Waals surface area (Å²) in [6, 6.07) is 8.34. The van der Waals surface area contributed by atoms with Crippen LogP contribution in [0.25, 0.3) is 0 Å². The maximum absolute atomic E-state index is 12.5. The first-order valence-electron chi connectivity index (χ1n) is 6.41. The minimum Gasteiger partial charge on any atom is -0.325 e. The Labute approximate surface area is 126 Å². The Morgan fingerprint density at radius 2 is 1.95 bits per heavy atom. The van der Waals surface area contributed by atoms with Crippen LogP contribution in [0.5, 0.6) is 0 Å². The molecular weight excluding hydrogens is 290 g/mol. The smallest absolute Gasteiger partial charge is 0.254 e. The van der Waals surface area contributed by atoms with E-state index in [1.54, 1.807) is 42.7 Å². The molecule has 0 spiro atoms. The molecule has 0 bridgehead atoms. The molecule has 1 aromatic carbocycles. The van der Waals surface area contributed by atoms with E-state index >= 15 is 0 Å². The Morgan fingerprint density at radius 3 is 2.71 bits per heavy atom. The summed E-state index contributed by atoms with van der Waals surface area (Å²) in [6.07, 6.45) is 3.26. The second-order valence-electron chi connectivity index (χ2n) is 4.75. The van der Waals surface area contributed by atoms with Crippen LogP contribution in [0.4, 0.5) is 5.69 Å². The van der Waals surface area contributed by atoms with E-state index in [0.717, 1.165) is 5.56 Å². The van der Waals surface area contributed by atoms with E-state index in [4.69, 9.17) is 11.6 Å². The van der Waals surface area contributed by atoms with Crippen LogP contribution < -0.4 is 5.32 Å². The number of halogens is 1. The number of hydrogen-bond acceptors (Lipinski definition) is 3. The van der Waals surface area contributed by atoms with Crippen molar-refractivity contribution in [3.05, 3.63) is 58.9 Å². The van der Waals surface area contributed by atoms with Gasteiger partial charge in [0.25, 0.3) is 5.91 Å². The van der Waals surface area contributed by atoms with E-state index in [1.165, 1.54) is 4.90 Å². The average Bonchev–Trinajstić information content (AvgIpc) is 2.65. The number of amides is 2. The van der Waals surface area contributed by atoms with Crippen LogP contribution in [-0.2, 0) is 11.3 Å². The molecule has 6 heteroatoms. The summed E-state index contributed by atoms with van der Waals surface area (Å²) in [7, 11) is 0. The molecule has 0 unspecified atom stereocenters. The van der Waals surface area contributed by atoms with Crippen LogP contribution in [0.15, 0.2) is 42.7 Å². The molecule has 3 rings (SSSR count). The lowest BCUT2D eigenvalue weighted by Crippen LogP contribution is -2.35. The highest BCUT2D eigenvalue weighted by Crippen LogP contribution is 2.21. The maximum Gasteiger partial charge on any atom is 0.254 e. The lowest BCUT2D eigenvalue weighted by molar-refractivity contribution is -0.116. The molecule has 2 amide bonds. The van der Waals surface area contributed by atoms with Crippen molar-refractivity contribution in [2.75, 3.05) is 11.9 Å². The molecule has 1 aliphatic heterocycles. The summed E-state index contributed by atoms with van der Waals surface area (Å²) < 4.78 is 0. The van der Waals surface area contributed by atoms with E-state index in [1.807, 2.05) is 0 Å². The number of carbonyl (C=O) groups excluding carboxylic acids is 2. The molecule has 5 nitrogen and oxygen atoms in total. The van der Waals surface area contributed by atoms with Gasteiger partial charge >= 0.3 is 0 Å². The average molecular weight is 302 g/mol. The molecule has 0 aliphatic carbocycles. The second-order valence-corrected chi connectivity index (χ2v) is 5.19. The van der Waals surface area contributed by atoms with Crippen LogP contribution in [0.2, 0.25) is 5.02 Å². The third-order valence-electron chi connectivity index (χ3n) is 3.25. The van der Waals surface area contributed by atoms with E-state index in [2.05, 4.69) is 10.3 Å². The fourth-order valence-corrected chi connectivity index (χ4v) is 2.34. The molecule has 0 fully saturated rings. The van der Waals surface area contributed by atoms with Gasteiger partial charge in [0, 0.05) is 34.2 Å². The van der Waals surface area contributed by atoms with Crippen molar-refractivity contribution in [2.24, 2.45) is 0 Å². The standard InChI is InChI=1S/C15H12ClN3O2/c16-12-3-1-10(2-4-12)15(21)19-8-11-7-17-6-5-13(11)18-14(20)9-19/h1-7H,8-9H2,(H,18,20). The Kier molecular flexibility index (Phi) is 3.58. The molecule has 0 atom stereocenters. The highest BCUT2D eigenvalue weighted by Gasteiger charge is 2.24. The van der Waals surface area contributed by atoms with Crippen LogP contribution in [0, 0.1) is 0 Å². The largest absolute Gasteiger partial charge is 0.325 e. The van der Waals surface area contributed by atoms with Crippen molar-refractivity contribution >= 4 is 29.1 Å². The summed E-state index contributed by atoms with van der Waals surface area (Å²) in [4.78, 5) is 29.9. The fraction of sp³-hybridized carbons (Fsp3) is 0.133. The molecule has 0 saturated heterocycles. The van der Waals surface area contributed by atoms with Gasteiger partial charge in [0.2, 0.25) is 5.91 Å². The molecular formula is C15H12ClN3O2. The summed E-state index contributed by atoms with van der Waals surface area (Å²) in [5, 5.41) is 3.34. The number of pyridine rings is 1. The van der Waals surface area contributed by atoms with E-state index in [9.17, 15) is 9.59 Å². The van der Waals surface area contributed by atoms with Crippen LogP contribution in [-0.4, -0.2) is 28.2 Å². The zero-order valence-corrected chi connectivity index (χ0v) is 11.8. The van der Waals surface area contributed by atoms with E-state index < -0.39 is 0 Å². The monoisotopic (exact) mass is 301 g/mol. The Bertz CT molecular complexity index is 700. The summed E-state index contributed by atoms with van der Waals surface area (Å²) in [5.74, 6) is -0.430. The third-order valence-corrected chi connectivity index (χ3v) is 3.50. The van der Waals surface area contributed by atoms with Gasteiger partial charge in [-0.1, -0.05) is 11.6 Å². The molecule has 1 aliphatic rings. The summed E-state index contributed by atoms with van der Waals surface area (Å²) in [6.45, 7) is 0.347. The second kappa shape index (κ2) is 5.54. The van der Waals surface area contributed by atoms with Crippen LogP contribution >= 0.6 is 11.6 Å². The van der Waals surface area contributed by atoms with Gasteiger partial charge in [-0.3, -0.25) is 14.6 Å². The minimum absolute atomic E-state index is 0.0101. The molecule has 2 heterocycles. The Hall–Kier alpha value is -2.40. The number of anilines is 1. The van der Waals surface area contributed by atoms with Gasteiger partial charge in [0.05, 0.1) is 6.54 Å². The van der Waals surface area contributed by atoms with Crippen molar-refractivity contribution in [2.45, 2.75) is 6.54 Å². The first-order valence-corrected chi connectivity index (χ1v) is 6.79. The normalized spacial score (nSPS) is 14.1.